The fourth-order valence-electron chi connectivity index (χ4n) is 1.74. The molecule has 2 N–H and O–H groups in total. The van der Waals surface area contributed by atoms with Crippen molar-refractivity contribution in [2.45, 2.75) is 13.0 Å². The van der Waals surface area contributed by atoms with E-state index < -0.39 is 0 Å². The third-order valence-corrected chi connectivity index (χ3v) is 3.31. The monoisotopic (exact) mass is 262 g/mol. The van der Waals surface area contributed by atoms with Crippen LogP contribution in [0.2, 0.25) is 5.02 Å². The Hall–Kier alpha value is -1.81. The SMILES string of the molecule is CC(c1ccccc1Cl)N(C)c1ccc(N)nn1. The molecule has 0 aliphatic carbocycles. The number of hydrogen-bond donors (Lipinski definition) is 1. The van der Waals surface area contributed by atoms with Crippen molar-refractivity contribution in [2.24, 2.45) is 0 Å². The predicted octanol–water partition coefficient (Wildman–Crippen LogP) is 2.91. The third kappa shape index (κ3) is 2.54. The fourth-order valence-corrected chi connectivity index (χ4v) is 2.04. The van der Waals surface area contributed by atoms with Crippen LogP contribution in [0.3, 0.4) is 0 Å². The van der Waals surface area contributed by atoms with Gasteiger partial charge in [0.15, 0.2) is 5.82 Å². The zero-order chi connectivity index (χ0) is 13.1. The van der Waals surface area contributed by atoms with E-state index in [1.54, 1.807) is 6.07 Å². The van der Waals surface area contributed by atoms with Crippen LogP contribution in [0.4, 0.5) is 11.6 Å². The van der Waals surface area contributed by atoms with E-state index in [0.29, 0.717) is 5.82 Å². The Morgan fingerprint density at radius 3 is 2.50 bits per heavy atom. The topological polar surface area (TPSA) is 55.0 Å². The molecule has 1 atom stereocenters. The van der Waals surface area contributed by atoms with E-state index in [4.69, 9.17) is 17.3 Å². The first kappa shape index (κ1) is 12.6. The number of benzene rings is 1. The van der Waals surface area contributed by atoms with Crippen LogP contribution < -0.4 is 10.6 Å². The molecule has 0 amide bonds. The molecule has 0 aliphatic heterocycles. The van der Waals surface area contributed by atoms with Crippen molar-refractivity contribution >= 4 is 23.2 Å². The predicted molar refractivity (Wildman–Crippen MR) is 74.7 cm³/mol. The third-order valence-electron chi connectivity index (χ3n) is 2.97. The summed E-state index contributed by atoms with van der Waals surface area (Å²) in [7, 11) is 1.95. The summed E-state index contributed by atoms with van der Waals surface area (Å²) in [6, 6.07) is 11.5. The van der Waals surface area contributed by atoms with Crippen LogP contribution in [-0.2, 0) is 0 Å². The maximum absolute atomic E-state index is 6.19. The molecule has 94 valence electrons. The van der Waals surface area contributed by atoms with E-state index in [2.05, 4.69) is 17.1 Å². The molecule has 1 unspecified atom stereocenters. The van der Waals surface area contributed by atoms with Crippen LogP contribution in [0.25, 0.3) is 0 Å². The number of hydrogen-bond acceptors (Lipinski definition) is 4. The molecule has 18 heavy (non-hydrogen) atoms. The Morgan fingerprint density at radius 1 is 1.17 bits per heavy atom. The van der Waals surface area contributed by atoms with Crippen LogP contribution in [0.5, 0.6) is 0 Å². The van der Waals surface area contributed by atoms with Gasteiger partial charge in [-0.05, 0) is 30.7 Å². The molecule has 0 radical (unpaired) electrons. The van der Waals surface area contributed by atoms with Crippen LogP contribution in [0.1, 0.15) is 18.5 Å². The molecule has 1 heterocycles. The second-order valence-corrected chi connectivity index (χ2v) is 4.53. The van der Waals surface area contributed by atoms with Gasteiger partial charge in [-0.3, -0.25) is 0 Å². The van der Waals surface area contributed by atoms with Crippen molar-refractivity contribution in [1.82, 2.24) is 10.2 Å². The molecule has 0 fully saturated rings. The minimum Gasteiger partial charge on any atom is -0.382 e. The molecule has 4 nitrogen and oxygen atoms in total. The lowest BCUT2D eigenvalue weighted by molar-refractivity contribution is 0.721. The summed E-state index contributed by atoms with van der Waals surface area (Å²) in [4.78, 5) is 2.01. The summed E-state index contributed by atoms with van der Waals surface area (Å²) in [5.41, 5.74) is 6.58. The van der Waals surface area contributed by atoms with E-state index in [9.17, 15) is 0 Å². The zero-order valence-electron chi connectivity index (χ0n) is 10.3. The van der Waals surface area contributed by atoms with E-state index in [0.717, 1.165) is 16.4 Å². The number of halogens is 1. The molecule has 2 rings (SSSR count). The lowest BCUT2D eigenvalue weighted by atomic mass is 10.1. The van der Waals surface area contributed by atoms with Gasteiger partial charge in [-0.25, -0.2) is 0 Å². The molecule has 0 spiro atoms. The minimum atomic E-state index is 0.108. The average molecular weight is 263 g/mol. The van der Waals surface area contributed by atoms with Crippen LogP contribution in [-0.4, -0.2) is 17.2 Å². The Kier molecular flexibility index (Phi) is 3.67. The number of nitrogens with two attached hydrogens (primary N) is 1. The van der Waals surface area contributed by atoms with E-state index >= 15 is 0 Å². The molecule has 0 saturated carbocycles. The molecule has 0 bridgehead atoms. The molecule has 5 heteroatoms. The van der Waals surface area contributed by atoms with Crippen molar-refractivity contribution in [2.75, 3.05) is 17.7 Å². The fraction of sp³-hybridized carbons (Fsp3) is 0.231. The smallest absolute Gasteiger partial charge is 0.151 e. The lowest BCUT2D eigenvalue weighted by Crippen LogP contribution is -2.23. The molecular formula is C13H15ClN4. The Morgan fingerprint density at radius 2 is 1.89 bits per heavy atom. The van der Waals surface area contributed by atoms with Gasteiger partial charge in [0.2, 0.25) is 0 Å². The number of anilines is 2. The molecule has 0 aliphatic rings. The van der Waals surface area contributed by atoms with Crippen LogP contribution in [0.15, 0.2) is 36.4 Å². The van der Waals surface area contributed by atoms with Crippen molar-refractivity contribution < 1.29 is 0 Å². The maximum atomic E-state index is 6.19. The van der Waals surface area contributed by atoms with Gasteiger partial charge in [-0.2, -0.15) is 0 Å². The normalized spacial score (nSPS) is 12.2. The van der Waals surface area contributed by atoms with Gasteiger partial charge in [-0.15, -0.1) is 10.2 Å². The second kappa shape index (κ2) is 5.23. The summed E-state index contributed by atoms with van der Waals surface area (Å²) < 4.78 is 0. The number of nitrogen functional groups attached to an aromatic ring is 1. The lowest BCUT2D eigenvalue weighted by Gasteiger charge is -2.26. The first-order chi connectivity index (χ1) is 8.59. The molecule has 0 saturated heterocycles. The molecule has 1 aromatic heterocycles. The van der Waals surface area contributed by atoms with Gasteiger partial charge in [0.05, 0.1) is 6.04 Å². The van der Waals surface area contributed by atoms with Gasteiger partial charge < -0.3 is 10.6 Å². The first-order valence-corrected chi connectivity index (χ1v) is 6.04. The van der Waals surface area contributed by atoms with E-state index in [1.807, 2.05) is 42.3 Å². The van der Waals surface area contributed by atoms with Crippen LogP contribution in [0, 0.1) is 0 Å². The largest absolute Gasteiger partial charge is 0.382 e. The highest BCUT2D eigenvalue weighted by atomic mass is 35.5. The summed E-state index contributed by atoms with van der Waals surface area (Å²) in [5.74, 6) is 1.18. The summed E-state index contributed by atoms with van der Waals surface area (Å²) in [6.45, 7) is 2.07. The number of nitrogens with zero attached hydrogens (tertiary/aromatic N) is 3. The van der Waals surface area contributed by atoms with Gasteiger partial charge in [0, 0.05) is 12.1 Å². The minimum absolute atomic E-state index is 0.108. The van der Waals surface area contributed by atoms with Gasteiger partial charge in [0.1, 0.15) is 5.82 Å². The van der Waals surface area contributed by atoms with Crippen molar-refractivity contribution in [1.29, 1.82) is 0 Å². The Balaban J connectivity index is 2.26. The van der Waals surface area contributed by atoms with E-state index in [1.165, 1.54) is 0 Å². The maximum Gasteiger partial charge on any atom is 0.151 e. The highest BCUT2D eigenvalue weighted by molar-refractivity contribution is 6.31. The van der Waals surface area contributed by atoms with Gasteiger partial charge in [0.25, 0.3) is 0 Å². The first-order valence-electron chi connectivity index (χ1n) is 5.66. The van der Waals surface area contributed by atoms with Crippen molar-refractivity contribution in [3.8, 4) is 0 Å². The average Bonchev–Trinajstić information content (AvgIpc) is 2.38. The standard InChI is InChI=1S/C13H15ClN4/c1-9(10-5-3-4-6-11(10)14)18(2)13-8-7-12(15)16-17-13/h3-9H,1-2H3,(H2,15,16). The Labute approximate surface area is 111 Å². The van der Waals surface area contributed by atoms with Crippen molar-refractivity contribution in [3.63, 3.8) is 0 Å². The zero-order valence-corrected chi connectivity index (χ0v) is 11.1. The number of rotatable bonds is 3. The highest BCUT2D eigenvalue weighted by Crippen LogP contribution is 2.28. The Bertz CT molecular complexity index is 527. The number of aromatic nitrogens is 2. The summed E-state index contributed by atoms with van der Waals surface area (Å²) in [5, 5.41) is 8.66. The van der Waals surface area contributed by atoms with Gasteiger partial charge in [-0.1, -0.05) is 29.8 Å². The highest BCUT2D eigenvalue weighted by Gasteiger charge is 2.15. The summed E-state index contributed by atoms with van der Waals surface area (Å²) >= 11 is 6.19. The quantitative estimate of drug-likeness (QED) is 0.924. The molecule has 1 aromatic carbocycles. The molecule has 2 aromatic rings. The summed E-state index contributed by atoms with van der Waals surface area (Å²) in [6.07, 6.45) is 0. The van der Waals surface area contributed by atoms with Gasteiger partial charge >= 0.3 is 0 Å². The molecular weight excluding hydrogens is 248 g/mol. The van der Waals surface area contributed by atoms with Crippen LogP contribution >= 0.6 is 11.6 Å². The van der Waals surface area contributed by atoms with E-state index in [-0.39, 0.29) is 6.04 Å². The van der Waals surface area contributed by atoms with Crippen molar-refractivity contribution in [3.05, 3.63) is 47.0 Å². The second-order valence-electron chi connectivity index (χ2n) is 4.12.